The molecular weight excluding hydrogens is 198 g/mol. The quantitative estimate of drug-likeness (QED) is 0.710. The molecule has 0 heterocycles. The van der Waals surface area contributed by atoms with Crippen LogP contribution < -0.4 is 0 Å². The second-order valence-corrected chi connectivity index (χ2v) is 5.25. The highest BCUT2D eigenvalue weighted by Gasteiger charge is 2.08. The van der Waals surface area contributed by atoms with Gasteiger partial charge in [0.2, 0.25) is 0 Å². The minimum absolute atomic E-state index is 0.375. The van der Waals surface area contributed by atoms with E-state index in [0.717, 1.165) is 6.54 Å². The Hall–Kier alpha value is -0.0800. The van der Waals surface area contributed by atoms with E-state index in [2.05, 4.69) is 39.5 Å². The fourth-order valence-corrected chi connectivity index (χ4v) is 1.87. The van der Waals surface area contributed by atoms with Crippen LogP contribution in [-0.2, 0) is 4.74 Å². The number of ether oxygens (including phenoxy) is 1. The van der Waals surface area contributed by atoms with E-state index in [1.807, 2.05) is 27.7 Å². The van der Waals surface area contributed by atoms with E-state index < -0.39 is 0 Å². The van der Waals surface area contributed by atoms with Crippen LogP contribution in [0.25, 0.3) is 0 Å². The molecule has 2 heteroatoms. The third-order valence-electron chi connectivity index (χ3n) is 2.24. The van der Waals surface area contributed by atoms with Gasteiger partial charge in [-0.2, -0.15) is 0 Å². The highest BCUT2D eigenvalue weighted by molar-refractivity contribution is 4.64. The van der Waals surface area contributed by atoms with E-state index in [-0.39, 0.29) is 0 Å². The summed E-state index contributed by atoms with van der Waals surface area (Å²) in [6.07, 6.45) is 0.750. The Morgan fingerprint density at radius 1 is 0.750 bits per heavy atom. The Balaban J connectivity index is 0. The largest absolute Gasteiger partial charge is 0.376 e. The van der Waals surface area contributed by atoms with Crippen molar-refractivity contribution in [3.8, 4) is 0 Å². The van der Waals surface area contributed by atoms with Gasteiger partial charge in [-0.1, -0.05) is 6.92 Å². The van der Waals surface area contributed by atoms with Crippen LogP contribution in [0.4, 0.5) is 0 Å². The van der Waals surface area contributed by atoms with Crippen molar-refractivity contribution in [3.63, 3.8) is 0 Å². The Morgan fingerprint density at radius 3 is 1.06 bits per heavy atom. The molecule has 0 aliphatic rings. The summed E-state index contributed by atoms with van der Waals surface area (Å²) in [6, 6.07) is 1.38. The van der Waals surface area contributed by atoms with Crippen molar-refractivity contribution in [3.05, 3.63) is 0 Å². The minimum Gasteiger partial charge on any atom is -0.376 e. The summed E-state index contributed by atoms with van der Waals surface area (Å²) in [7, 11) is 0. The molecule has 0 amide bonds. The standard InChI is InChI=1S/C8H19N.C6H14O/c1-6-9(7(2)3)8(4)5;1-5(2)7-6(3)4/h7-8H,6H2,1-5H3;5-6H,1-4H3. The Labute approximate surface area is 103 Å². The van der Waals surface area contributed by atoms with Crippen LogP contribution in [0.1, 0.15) is 62.3 Å². The molecule has 0 aliphatic carbocycles. The van der Waals surface area contributed by atoms with Crippen LogP contribution in [0.2, 0.25) is 0 Å². The van der Waals surface area contributed by atoms with Crippen molar-refractivity contribution >= 4 is 0 Å². The van der Waals surface area contributed by atoms with Gasteiger partial charge in [0, 0.05) is 12.1 Å². The molecule has 0 saturated heterocycles. The van der Waals surface area contributed by atoms with Gasteiger partial charge < -0.3 is 4.74 Å². The molecule has 0 aromatic heterocycles. The monoisotopic (exact) mass is 231 g/mol. The van der Waals surface area contributed by atoms with Gasteiger partial charge in [0.05, 0.1) is 12.2 Å². The van der Waals surface area contributed by atoms with Crippen molar-refractivity contribution in [1.29, 1.82) is 0 Å². The van der Waals surface area contributed by atoms with Gasteiger partial charge in [0.1, 0.15) is 0 Å². The zero-order chi connectivity index (χ0) is 13.3. The second kappa shape index (κ2) is 10.1. The zero-order valence-corrected chi connectivity index (χ0v) is 12.9. The van der Waals surface area contributed by atoms with Crippen LogP contribution in [0.5, 0.6) is 0 Å². The van der Waals surface area contributed by atoms with Crippen molar-refractivity contribution in [1.82, 2.24) is 4.90 Å². The highest BCUT2D eigenvalue weighted by Crippen LogP contribution is 2.02. The molecule has 0 saturated carbocycles. The summed E-state index contributed by atoms with van der Waals surface area (Å²) in [5.41, 5.74) is 0. The molecule has 2 nitrogen and oxygen atoms in total. The molecule has 0 rings (SSSR count). The Kier molecular flexibility index (Phi) is 11.5. The van der Waals surface area contributed by atoms with Crippen LogP contribution in [0.3, 0.4) is 0 Å². The Bertz CT molecular complexity index is 128. The van der Waals surface area contributed by atoms with E-state index in [9.17, 15) is 0 Å². The summed E-state index contributed by atoms with van der Waals surface area (Å²) in [4.78, 5) is 2.46. The first-order valence-electron chi connectivity index (χ1n) is 6.63. The van der Waals surface area contributed by atoms with Crippen molar-refractivity contribution in [2.75, 3.05) is 6.54 Å². The van der Waals surface area contributed by atoms with Gasteiger partial charge in [-0.25, -0.2) is 0 Å². The summed E-state index contributed by atoms with van der Waals surface area (Å²) in [5.74, 6) is 0. The van der Waals surface area contributed by atoms with Gasteiger partial charge in [-0.3, -0.25) is 4.90 Å². The lowest BCUT2D eigenvalue weighted by atomic mass is 10.2. The molecule has 16 heavy (non-hydrogen) atoms. The van der Waals surface area contributed by atoms with Gasteiger partial charge in [-0.15, -0.1) is 0 Å². The van der Waals surface area contributed by atoms with Crippen LogP contribution >= 0.6 is 0 Å². The molecule has 0 fully saturated rings. The first kappa shape index (κ1) is 18.3. The minimum atomic E-state index is 0.375. The molecule has 0 bridgehead atoms. The van der Waals surface area contributed by atoms with E-state index >= 15 is 0 Å². The summed E-state index contributed by atoms with van der Waals surface area (Å²) >= 11 is 0. The van der Waals surface area contributed by atoms with Crippen LogP contribution in [0.15, 0.2) is 0 Å². The topological polar surface area (TPSA) is 12.5 Å². The maximum absolute atomic E-state index is 5.25. The predicted octanol–water partition coefficient (Wildman–Crippen LogP) is 3.94. The van der Waals surface area contributed by atoms with Crippen molar-refractivity contribution in [2.24, 2.45) is 0 Å². The lowest BCUT2D eigenvalue weighted by molar-refractivity contribution is 0.0300. The van der Waals surface area contributed by atoms with Gasteiger partial charge in [0.25, 0.3) is 0 Å². The lowest BCUT2D eigenvalue weighted by Crippen LogP contribution is -2.36. The van der Waals surface area contributed by atoms with E-state index in [4.69, 9.17) is 4.74 Å². The fraction of sp³-hybridized carbons (Fsp3) is 1.00. The summed E-state index contributed by atoms with van der Waals surface area (Å²) < 4.78 is 5.25. The van der Waals surface area contributed by atoms with E-state index in [1.165, 1.54) is 0 Å². The summed E-state index contributed by atoms with van der Waals surface area (Å²) in [6.45, 7) is 20.5. The molecule has 0 aliphatic heterocycles. The predicted molar refractivity (Wildman–Crippen MR) is 74.0 cm³/mol. The van der Waals surface area contributed by atoms with E-state index in [1.54, 1.807) is 0 Å². The SMILES string of the molecule is CC(C)OC(C)C.CCN(C(C)C)C(C)C. The number of nitrogens with zero attached hydrogens (tertiary/aromatic N) is 1. The first-order valence-corrected chi connectivity index (χ1v) is 6.63. The maximum atomic E-state index is 5.25. The average molecular weight is 231 g/mol. The zero-order valence-electron chi connectivity index (χ0n) is 12.9. The number of hydrogen-bond acceptors (Lipinski definition) is 2. The molecule has 0 N–H and O–H groups in total. The van der Waals surface area contributed by atoms with Crippen molar-refractivity contribution in [2.45, 2.75) is 86.6 Å². The van der Waals surface area contributed by atoms with Crippen LogP contribution in [-0.4, -0.2) is 35.7 Å². The molecule has 0 unspecified atom stereocenters. The normalized spacial score (nSPS) is 11.6. The molecular formula is C14H33NO. The fourth-order valence-electron chi connectivity index (χ4n) is 1.87. The van der Waals surface area contributed by atoms with Crippen molar-refractivity contribution < 1.29 is 4.74 Å². The molecule has 0 spiro atoms. The second-order valence-electron chi connectivity index (χ2n) is 5.25. The third kappa shape index (κ3) is 12.0. The first-order chi connectivity index (χ1) is 7.22. The molecule has 0 atom stereocenters. The number of hydrogen-bond donors (Lipinski definition) is 0. The lowest BCUT2D eigenvalue weighted by Gasteiger charge is -2.28. The summed E-state index contributed by atoms with van der Waals surface area (Å²) in [5, 5.41) is 0. The molecule has 100 valence electrons. The third-order valence-corrected chi connectivity index (χ3v) is 2.24. The maximum Gasteiger partial charge on any atom is 0.0522 e. The molecule has 0 aromatic carbocycles. The molecule has 0 aromatic rings. The average Bonchev–Trinajstić information content (AvgIpc) is 2.01. The van der Waals surface area contributed by atoms with Gasteiger partial charge >= 0.3 is 0 Å². The molecule has 0 radical (unpaired) electrons. The number of rotatable bonds is 5. The smallest absolute Gasteiger partial charge is 0.0522 e. The van der Waals surface area contributed by atoms with Gasteiger partial charge in [0.15, 0.2) is 0 Å². The highest BCUT2D eigenvalue weighted by atomic mass is 16.5. The Morgan fingerprint density at radius 2 is 1.06 bits per heavy atom. The van der Waals surface area contributed by atoms with Crippen LogP contribution in [0, 0.1) is 0 Å². The van der Waals surface area contributed by atoms with E-state index in [0.29, 0.717) is 24.3 Å². The van der Waals surface area contributed by atoms with Gasteiger partial charge in [-0.05, 0) is 61.9 Å².